The van der Waals surface area contributed by atoms with E-state index in [1.165, 1.54) is 6.07 Å². The fourth-order valence-corrected chi connectivity index (χ4v) is 7.12. The van der Waals surface area contributed by atoms with Crippen molar-refractivity contribution in [2.75, 3.05) is 6.54 Å². The number of nitrogens with two attached hydrogens (primary N) is 1. The van der Waals surface area contributed by atoms with E-state index in [9.17, 15) is 18.0 Å². The molecule has 0 atom stereocenters. The Morgan fingerprint density at radius 3 is 2.33 bits per heavy atom. The zero-order chi connectivity index (χ0) is 28.7. The molecule has 3 aliphatic rings. The van der Waals surface area contributed by atoms with Crippen molar-refractivity contribution in [2.24, 2.45) is 15.5 Å². The molecule has 1 aliphatic carbocycles. The second-order valence-corrected chi connectivity index (χ2v) is 13.7. The number of hydrogen-bond donors (Lipinski definition) is 1. The van der Waals surface area contributed by atoms with Crippen LogP contribution in [0.25, 0.3) is 11.1 Å². The number of unbranched alkanes of at least 4 members (excludes halogenated alkanes) is 1. The molecule has 2 aromatic rings. The molecule has 2 N–H and O–H groups in total. The molecule has 0 bridgehead atoms. The number of benzene rings is 2. The van der Waals surface area contributed by atoms with Gasteiger partial charge >= 0.3 is 0 Å². The first-order valence-corrected chi connectivity index (χ1v) is 15.9. The molecule has 8 nitrogen and oxygen atoms in total. The minimum atomic E-state index is -3.97. The van der Waals surface area contributed by atoms with Gasteiger partial charge in [0.1, 0.15) is 11.4 Å². The van der Waals surface area contributed by atoms with E-state index < -0.39 is 21.0 Å². The Hall–Kier alpha value is -3.04. The quantitative estimate of drug-likeness (QED) is 0.462. The van der Waals surface area contributed by atoms with E-state index in [2.05, 4.69) is 6.92 Å². The maximum Gasteiger partial charge on any atom is 0.256 e. The van der Waals surface area contributed by atoms with Crippen LogP contribution in [0.5, 0.6) is 0 Å². The Bertz CT molecular complexity index is 1460. The van der Waals surface area contributed by atoms with Crippen LogP contribution in [0, 0.1) is 5.41 Å². The molecule has 2 fully saturated rings. The van der Waals surface area contributed by atoms with Gasteiger partial charge in [0.25, 0.3) is 5.91 Å². The van der Waals surface area contributed by atoms with Crippen LogP contribution in [0.1, 0.15) is 83.3 Å². The van der Waals surface area contributed by atoms with Gasteiger partial charge in [-0.3, -0.25) is 19.5 Å². The van der Waals surface area contributed by atoms with E-state index in [1.54, 1.807) is 18.2 Å². The fraction of sp³-hybridized carbons (Fsp3) is 0.516. The monoisotopic (exact) mass is 564 g/mol. The number of aliphatic imine (C=N–C) groups is 1. The second-order valence-electron chi connectivity index (χ2n) is 12.2. The van der Waals surface area contributed by atoms with Crippen molar-refractivity contribution in [2.45, 2.75) is 95.7 Å². The number of nitrogens with zero attached hydrogens (tertiary/aromatic N) is 3. The van der Waals surface area contributed by atoms with Gasteiger partial charge in [0.15, 0.2) is 0 Å². The summed E-state index contributed by atoms with van der Waals surface area (Å²) in [7, 11) is -3.97. The molecular weight excluding hydrogens is 524 g/mol. The van der Waals surface area contributed by atoms with E-state index in [-0.39, 0.29) is 16.7 Å². The van der Waals surface area contributed by atoms with Crippen LogP contribution in [0.2, 0.25) is 0 Å². The zero-order valence-corrected chi connectivity index (χ0v) is 24.6. The third-order valence-corrected chi connectivity index (χ3v) is 9.68. The third kappa shape index (κ3) is 5.33. The number of hydrogen-bond acceptors (Lipinski definition) is 5. The van der Waals surface area contributed by atoms with E-state index >= 15 is 0 Å². The number of likely N-dealkylation sites (tertiary alicyclic amines) is 1. The minimum Gasteiger partial charge on any atom is -0.338 e. The molecule has 0 radical (unpaired) electrons. The van der Waals surface area contributed by atoms with E-state index in [0.29, 0.717) is 30.8 Å². The van der Waals surface area contributed by atoms with Crippen LogP contribution in [-0.4, -0.2) is 48.0 Å². The number of carbonyl (C=O) groups is 2. The summed E-state index contributed by atoms with van der Waals surface area (Å²) in [6.07, 6.45) is 7.18. The molecule has 9 heteroatoms. The Morgan fingerprint density at radius 1 is 0.950 bits per heavy atom. The topological polar surface area (TPSA) is 113 Å². The van der Waals surface area contributed by atoms with Crippen LogP contribution in [-0.2, 0) is 32.7 Å². The third-order valence-electron chi connectivity index (χ3n) is 8.71. The maximum atomic E-state index is 13.7. The maximum absolute atomic E-state index is 13.7. The highest BCUT2D eigenvalue weighted by molar-refractivity contribution is 7.89. The normalized spacial score (nSPS) is 20.1. The summed E-state index contributed by atoms with van der Waals surface area (Å²) in [5.41, 5.74) is 1.93. The van der Waals surface area contributed by atoms with Crippen molar-refractivity contribution >= 4 is 27.7 Å². The van der Waals surface area contributed by atoms with Gasteiger partial charge in [-0.25, -0.2) is 13.6 Å². The van der Waals surface area contributed by atoms with Gasteiger partial charge in [-0.15, -0.1) is 0 Å². The van der Waals surface area contributed by atoms with Gasteiger partial charge in [0.05, 0.1) is 11.4 Å². The van der Waals surface area contributed by atoms with E-state index in [4.69, 9.17) is 10.1 Å². The summed E-state index contributed by atoms with van der Waals surface area (Å²) in [6, 6.07) is 12.5. The van der Waals surface area contributed by atoms with Gasteiger partial charge in [0.2, 0.25) is 15.9 Å². The van der Waals surface area contributed by atoms with Crippen LogP contribution in [0.15, 0.2) is 52.4 Å². The standard InChI is InChI=1S/C31H40N4O4S/c1-4-5-12-27-33-31(15-8-9-16-31)29(37)35(27)20-22-13-14-24(25-10-6-7-11-26(25)40(32,38)39)23(19-22)21-34-18-17-30(2,3)28(34)36/h6-7,10-11,13-14,19H,4-5,8-9,12,15-18,20-21H2,1-3H3,(H2,32,38,39). The lowest BCUT2D eigenvalue weighted by Crippen LogP contribution is -2.40. The van der Waals surface area contributed by atoms with Crippen molar-refractivity contribution in [1.82, 2.24) is 9.80 Å². The summed E-state index contributed by atoms with van der Waals surface area (Å²) in [5, 5.41) is 5.58. The predicted molar refractivity (Wildman–Crippen MR) is 156 cm³/mol. The molecule has 0 aromatic heterocycles. The van der Waals surface area contributed by atoms with Crippen LogP contribution < -0.4 is 5.14 Å². The molecule has 1 saturated heterocycles. The molecule has 1 spiro atoms. The largest absolute Gasteiger partial charge is 0.338 e. The molecule has 1 saturated carbocycles. The Labute approximate surface area is 237 Å². The smallest absolute Gasteiger partial charge is 0.256 e. The van der Waals surface area contributed by atoms with Crippen LogP contribution >= 0.6 is 0 Å². The van der Waals surface area contributed by atoms with Crippen molar-refractivity contribution in [3.05, 3.63) is 53.6 Å². The van der Waals surface area contributed by atoms with Crippen molar-refractivity contribution in [1.29, 1.82) is 0 Å². The lowest BCUT2D eigenvalue weighted by molar-refractivity contribution is -0.135. The summed E-state index contributed by atoms with van der Waals surface area (Å²) in [4.78, 5) is 35.6. The lowest BCUT2D eigenvalue weighted by atomic mass is 9.92. The van der Waals surface area contributed by atoms with Crippen molar-refractivity contribution in [3.8, 4) is 11.1 Å². The van der Waals surface area contributed by atoms with E-state index in [0.717, 1.165) is 68.3 Å². The average Bonchev–Trinajstić information content (AvgIpc) is 3.57. The first kappa shape index (κ1) is 28.5. The number of amidine groups is 1. The highest BCUT2D eigenvalue weighted by atomic mass is 32.2. The molecule has 214 valence electrons. The van der Waals surface area contributed by atoms with Crippen LogP contribution in [0.4, 0.5) is 0 Å². The molecule has 0 unspecified atom stereocenters. The highest BCUT2D eigenvalue weighted by Crippen LogP contribution is 2.41. The van der Waals surface area contributed by atoms with Gasteiger partial charge < -0.3 is 4.90 Å². The predicted octanol–water partition coefficient (Wildman–Crippen LogP) is 5.00. The molecular formula is C31H40N4O4S. The molecule has 2 aromatic carbocycles. The molecule has 40 heavy (non-hydrogen) atoms. The molecule has 2 heterocycles. The Kier molecular flexibility index (Phi) is 7.65. The number of primary sulfonamides is 1. The zero-order valence-electron chi connectivity index (χ0n) is 23.8. The number of amides is 2. The van der Waals surface area contributed by atoms with Crippen LogP contribution in [0.3, 0.4) is 0 Å². The Balaban J connectivity index is 1.53. The molecule has 5 rings (SSSR count). The lowest BCUT2D eigenvalue weighted by Gasteiger charge is -2.25. The molecule has 2 amide bonds. The van der Waals surface area contributed by atoms with Gasteiger partial charge in [-0.1, -0.05) is 76.4 Å². The second kappa shape index (κ2) is 10.7. The summed E-state index contributed by atoms with van der Waals surface area (Å²) < 4.78 is 24.9. The molecule has 2 aliphatic heterocycles. The van der Waals surface area contributed by atoms with Crippen molar-refractivity contribution in [3.63, 3.8) is 0 Å². The summed E-state index contributed by atoms with van der Waals surface area (Å²) in [5.74, 6) is 1.05. The van der Waals surface area contributed by atoms with Crippen molar-refractivity contribution < 1.29 is 18.0 Å². The average molecular weight is 565 g/mol. The number of rotatable bonds is 9. The fourth-order valence-electron chi connectivity index (χ4n) is 6.36. The SMILES string of the molecule is CCCCC1=NC2(CCCC2)C(=O)N1Cc1ccc(-c2ccccc2S(N)(=O)=O)c(CN2CCC(C)(C)C2=O)c1. The number of carbonyl (C=O) groups excluding carboxylic acids is 2. The summed E-state index contributed by atoms with van der Waals surface area (Å²) >= 11 is 0. The highest BCUT2D eigenvalue weighted by Gasteiger charge is 2.49. The first-order valence-electron chi connectivity index (χ1n) is 14.4. The van der Waals surface area contributed by atoms with Gasteiger partial charge in [-0.2, -0.15) is 0 Å². The first-order chi connectivity index (χ1) is 18.9. The van der Waals surface area contributed by atoms with Gasteiger partial charge in [-0.05, 0) is 48.4 Å². The van der Waals surface area contributed by atoms with E-state index in [1.807, 2.05) is 41.8 Å². The number of sulfonamides is 1. The summed E-state index contributed by atoms with van der Waals surface area (Å²) in [6.45, 7) is 7.42. The van der Waals surface area contributed by atoms with Gasteiger partial charge in [0, 0.05) is 30.5 Å². The minimum absolute atomic E-state index is 0.0453. The Morgan fingerprint density at radius 2 is 1.68 bits per heavy atom.